The number of hydrogen-bond acceptors (Lipinski definition) is 5. The Bertz CT molecular complexity index is 1170. The van der Waals surface area contributed by atoms with Crippen LogP contribution in [0.25, 0.3) is 0 Å². The van der Waals surface area contributed by atoms with Gasteiger partial charge < -0.3 is 19.7 Å². The summed E-state index contributed by atoms with van der Waals surface area (Å²) >= 11 is 0. The number of morpholine rings is 1. The summed E-state index contributed by atoms with van der Waals surface area (Å²) in [4.78, 5) is 20.3. The van der Waals surface area contributed by atoms with Crippen LogP contribution in [-0.4, -0.2) is 42.9 Å². The lowest BCUT2D eigenvalue weighted by Gasteiger charge is -2.30. The van der Waals surface area contributed by atoms with Crippen LogP contribution in [0.4, 0.5) is 11.4 Å². The molecule has 1 saturated heterocycles. The predicted octanol–water partition coefficient (Wildman–Crippen LogP) is 5.34. The van der Waals surface area contributed by atoms with Gasteiger partial charge in [0, 0.05) is 18.8 Å². The Kier molecular flexibility index (Phi) is 6.09. The number of anilines is 1. The van der Waals surface area contributed by atoms with Gasteiger partial charge in [0.2, 0.25) is 5.91 Å². The summed E-state index contributed by atoms with van der Waals surface area (Å²) in [5, 5.41) is 3.11. The van der Waals surface area contributed by atoms with Gasteiger partial charge in [0.25, 0.3) is 0 Å². The van der Waals surface area contributed by atoms with E-state index in [9.17, 15) is 4.79 Å². The Morgan fingerprint density at radius 1 is 1.00 bits per heavy atom. The molecule has 1 atom stereocenters. The molecule has 1 fully saturated rings. The Morgan fingerprint density at radius 2 is 1.76 bits per heavy atom. The lowest BCUT2D eigenvalue weighted by Crippen LogP contribution is -2.41. The molecule has 33 heavy (non-hydrogen) atoms. The zero-order valence-corrected chi connectivity index (χ0v) is 18.7. The van der Waals surface area contributed by atoms with E-state index in [1.807, 2.05) is 79.7 Å². The number of para-hydroxylation sites is 2. The van der Waals surface area contributed by atoms with E-state index in [-0.39, 0.29) is 11.8 Å². The first-order chi connectivity index (χ1) is 16.2. The molecule has 1 amide bonds. The molecule has 3 aromatic rings. The molecule has 2 aliphatic heterocycles. The van der Waals surface area contributed by atoms with E-state index < -0.39 is 0 Å². The van der Waals surface area contributed by atoms with Crippen molar-refractivity contribution in [3.05, 3.63) is 83.9 Å². The fourth-order valence-corrected chi connectivity index (χ4v) is 4.30. The summed E-state index contributed by atoms with van der Waals surface area (Å²) in [6.45, 7) is 4.85. The van der Waals surface area contributed by atoms with Gasteiger partial charge in [-0.1, -0.05) is 49.4 Å². The zero-order valence-electron chi connectivity index (χ0n) is 18.7. The molecule has 2 heterocycles. The summed E-state index contributed by atoms with van der Waals surface area (Å²) in [5.41, 5.74) is 3.39. The molecule has 3 aromatic carbocycles. The van der Waals surface area contributed by atoms with Crippen LogP contribution in [-0.2, 0) is 9.53 Å². The van der Waals surface area contributed by atoms with Crippen LogP contribution in [0.15, 0.2) is 77.8 Å². The minimum Gasteiger partial charge on any atom is -0.454 e. The van der Waals surface area contributed by atoms with Gasteiger partial charge >= 0.3 is 0 Å². The van der Waals surface area contributed by atoms with Crippen molar-refractivity contribution >= 4 is 23.1 Å². The highest BCUT2D eigenvalue weighted by atomic mass is 16.5. The SMILES string of the molecule is CC[C@H](C(=O)Nc1ccc2c(c1)C(N1CCOCC1)=Nc1ccccc1O2)c1ccccc1. The van der Waals surface area contributed by atoms with Crippen molar-refractivity contribution in [2.24, 2.45) is 4.99 Å². The molecule has 0 spiro atoms. The number of rotatable bonds is 4. The number of aliphatic imine (C=N–C) groups is 1. The Morgan fingerprint density at radius 3 is 2.55 bits per heavy atom. The van der Waals surface area contributed by atoms with E-state index >= 15 is 0 Å². The maximum atomic E-state index is 13.1. The highest BCUT2D eigenvalue weighted by Gasteiger charge is 2.25. The predicted molar refractivity (Wildman–Crippen MR) is 130 cm³/mol. The summed E-state index contributed by atoms with van der Waals surface area (Å²) in [6, 6.07) is 23.4. The highest BCUT2D eigenvalue weighted by Crippen LogP contribution is 2.39. The van der Waals surface area contributed by atoms with Gasteiger partial charge in [0.05, 0.1) is 24.7 Å². The molecule has 2 aliphatic rings. The molecule has 168 valence electrons. The first-order valence-electron chi connectivity index (χ1n) is 11.4. The minimum absolute atomic E-state index is 0.0219. The third-order valence-corrected chi connectivity index (χ3v) is 6.04. The zero-order chi connectivity index (χ0) is 22.6. The Balaban J connectivity index is 1.49. The molecule has 0 aliphatic carbocycles. The van der Waals surface area contributed by atoms with Gasteiger partial charge in [-0.05, 0) is 42.3 Å². The number of amidine groups is 1. The maximum Gasteiger partial charge on any atom is 0.231 e. The number of ether oxygens (including phenoxy) is 2. The minimum atomic E-state index is -0.210. The summed E-state index contributed by atoms with van der Waals surface area (Å²) < 4.78 is 11.8. The molecular weight excluding hydrogens is 414 g/mol. The van der Waals surface area contributed by atoms with Gasteiger partial charge in [-0.25, -0.2) is 4.99 Å². The van der Waals surface area contributed by atoms with E-state index in [1.54, 1.807) is 0 Å². The second-order valence-electron chi connectivity index (χ2n) is 8.18. The standard InChI is InChI=1S/C27H27N3O3/c1-2-21(19-8-4-3-5-9-19)27(31)28-20-12-13-24-22(18-20)26(30-14-16-32-17-15-30)29-23-10-6-7-11-25(23)33-24/h3-13,18,21H,2,14-17H2,1H3,(H,28,31)/t21-/m0/s1. The topological polar surface area (TPSA) is 63.2 Å². The number of amides is 1. The average molecular weight is 442 g/mol. The molecule has 5 rings (SSSR count). The van der Waals surface area contributed by atoms with E-state index in [0.717, 1.165) is 53.6 Å². The molecule has 6 nitrogen and oxygen atoms in total. The van der Waals surface area contributed by atoms with Crippen molar-refractivity contribution in [1.29, 1.82) is 0 Å². The van der Waals surface area contributed by atoms with Crippen molar-refractivity contribution in [3.63, 3.8) is 0 Å². The monoisotopic (exact) mass is 441 g/mol. The Labute approximate surface area is 193 Å². The van der Waals surface area contributed by atoms with Gasteiger partial charge in [0.1, 0.15) is 17.3 Å². The maximum absolute atomic E-state index is 13.1. The molecule has 0 radical (unpaired) electrons. The summed E-state index contributed by atoms with van der Waals surface area (Å²) in [5.74, 6) is 2.04. The first-order valence-corrected chi connectivity index (χ1v) is 11.4. The van der Waals surface area contributed by atoms with Gasteiger partial charge in [-0.2, -0.15) is 0 Å². The van der Waals surface area contributed by atoms with Crippen molar-refractivity contribution in [2.75, 3.05) is 31.6 Å². The van der Waals surface area contributed by atoms with Crippen molar-refractivity contribution in [1.82, 2.24) is 4.90 Å². The number of nitrogens with one attached hydrogen (secondary N) is 1. The number of hydrogen-bond donors (Lipinski definition) is 1. The quantitative estimate of drug-likeness (QED) is 0.594. The van der Waals surface area contributed by atoms with Crippen LogP contribution in [0.5, 0.6) is 11.5 Å². The smallest absolute Gasteiger partial charge is 0.231 e. The van der Waals surface area contributed by atoms with Gasteiger partial charge in [-0.15, -0.1) is 0 Å². The normalized spacial score (nSPS) is 15.9. The number of carbonyl (C=O) groups is 1. The third-order valence-electron chi connectivity index (χ3n) is 6.04. The lowest BCUT2D eigenvalue weighted by molar-refractivity contribution is -0.117. The van der Waals surface area contributed by atoms with E-state index in [0.29, 0.717) is 19.0 Å². The second kappa shape index (κ2) is 9.46. The Hall–Kier alpha value is -3.64. The van der Waals surface area contributed by atoms with Crippen LogP contribution in [0.1, 0.15) is 30.4 Å². The van der Waals surface area contributed by atoms with Crippen molar-refractivity contribution in [2.45, 2.75) is 19.3 Å². The van der Waals surface area contributed by atoms with Crippen LogP contribution >= 0.6 is 0 Å². The second-order valence-corrected chi connectivity index (χ2v) is 8.18. The number of carbonyl (C=O) groups excluding carboxylic acids is 1. The highest BCUT2D eigenvalue weighted by molar-refractivity contribution is 6.05. The summed E-state index contributed by atoms with van der Waals surface area (Å²) in [6.07, 6.45) is 0.722. The fourth-order valence-electron chi connectivity index (χ4n) is 4.30. The average Bonchev–Trinajstić information content (AvgIpc) is 3.02. The van der Waals surface area contributed by atoms with Gasteiger partial charge in [-0.3, -0.25) is 4.79 Å². The summed E-state index contributed by atoms with van der Waals surface area (Å²) in [7, 11) is 0. The molecule has 0 aromatic heterocycles. The van der Waals surface area contributed by atoms with E-state index in [1.165, 1.54) is 0 Å². The fraction of sp³-hybridized carbons (Fsp3) is 0.259. The van der Waals surface area contributed by atoms with E-state index in [4.69, 9.17) is 14.5 Å². The van der Waals surface area contributed by atoms with Crippen LogP contribution < -0.4 is 10.1 Å². The molecule has 0 unspecified atom stereocenters. The van der Waals surface area contributed by atoms with Crippen LogP contribution in [0.3, 0.4) is 0 Å². The molecular formula is C27H27N3O3. The first kappa shape index (κ1) is 21.2. The van der Waals surface area contributed by atoms with Crippen molar-refractivity contribution < 1.29 is 14.3 Å². The molecule has 6 heteroatoms. The van der Waals surface area contributed by atoms with Crippen LogP contribution in [0.2, 0.25) is 0 Å². The molecule has 0 bridgehead atoms. The number of fused-ring (bicyclic) bond motifs is 2. The number of nitrogens with zero attached hydrogens (tertiary/aromatic N) is 2. The number of benzene rings is 3. The largest absolute Gasteiger partial charge is 0.454 e. The third kappa shape index (κ3) is 4.47. The van der Waals surface area contributed by atoms with E-state index in [2.05, 4.69) is 10.2 Å². The molecule has 1 N–H and O–H groups in total. The molecule has 0 saturated carbocycles. The van der Waals surface area contributed by atoms with Crippen molar-refractivity contribution in [3.8, 4) is 11.5 Å². The van der Waals surface area contributed by atoms with Crippen LogP contribution in [0, 0.1) is 0 Å². The lowest BCUT2D eigenvalue weighted by atomic mass is 9.95. The van der Waals surface area contributed by atoms with Gasteiger partial charge in [0.15, 0.2) is 5.75 Å².